The summed E-state index contributed by atoms with van der Waals surface area (Å²) >= 11 is 11.8. The zero-order valence-corrected chi connectivity index (χ0v) is 10.5. The Bertz CT molecular complexity index is 557. The second-order valence-corrected chi connectivity index (χ2v) is 4.23. The second-order valence-electron chi connectivity index (χ2n) is 3.42. The van der Waals surface area contributed by atoms with Crippen LogP contribution in [0.5, 0.6) is 5.75 Å². The molecule has 0 saturated heterocycles. The standard InChI is InChI=1S/C12H8Cl2O4/c13-8-2-1-3-9(14)11(8)18-6-7-4-5-17-10(7)12(15)16/h1-5H,6H2,(H,15,16). The van der Waals surface area contributed by atoms with Crippen LogP contribution >= 0.6 is 23.2 Å². The highest BCUT2D eigenvalue weighted by atomic mass is 35.5. The summed E-state index contributed by atoms with van der Waals surface area (Å²) in [6, 6.07) is 6.48. The van der Waals surface area contributed by atoms with Crippen LogP contribution in [0.2, 0.25) is 10.0 Å². The monoisotopic (exact) mass is 286 g/mol. The number of aromatic carboxylic acids is 1. The van der Waals surface area contributed by atoms with E-state index in [4.69, 9.17) is 37.5 Å². The summed E-state index contributed by atoms with van der Waals surface area (Å²) < 4.78 is 10.2. The lowest BCUT2D eigenvalue weighted by Gasteiger charge is -2.08. The maximum Gasteiger partial charge on any atom is 0.372 e. The van der Waals surface area contributed by atoms with E-state index >= 15 is 0 Å². The van der Waals surface area contributed by atoms with E-state index in [-0.39, 0.29) is 12.4 Å². The van der Waals surface area contributed by atoms with Crippen molar-refractivity contribution in [2.75, 3.05) is 0 Å². The summed E-state index contributed by atoms with van der Waals surface area (Å²) in [4.78, 5) is 10.8. The lowest BCUT2D eigenvalue weighted by atomic mass is 10.2. The van der Waals surface area contributed by atoms with Gasteiger partial charge in [-0.25, -0.2) is 4.79 Å². The lowest BCUT2D eigenvalue weighted by Crippen LogP contribution is -2.03. The van der Waals surface area contributed by atoms with E-state index in [0.29, 0.717) is 21.4 Å². The molecule has 1 N–H and O–H groups in total. The van der Waals surface area contributed by atoms with Gasteiger partial charge in [0.25, 0.3) is 0 Å². The molecule has 0 bridgehead atoms. The van der Waals surface area contributed by atoms with Crippen molar-refractivity contribution in [3.05, 3.63) is 51.9 Å². The summed E-state index contributed by atoms with van der Waals surface area (Å²) in [5.74, 6) is -0.986. The molecule has 0 atom stereocenters. The first-order valence-corrected chi connectivity index (χ1v) is 5.71. The molecule has 1 aromatic carbocycles. The molecule has 0 fully saturated rings. The van der Waals surface area contributed by atoms with E-state index in [2.05, 4.69) is 0 Å². The molecule has 0 spiro atoms. The zero-order chi connectivity index (χ0) is 13.1. The Labute approximate surface area is 113 Å². The predicted octanol–water partition coefficient (Wildman–Crippen LogP) is 3.86. The van der Waals surface area contributed by atoms with Crippen molar-refractivity contribution >= 4 is 29.2 Å². The van der Waals surface area contributed by atoms with Crippen LogP contribution in [-0.2, 0) is 6.61 Å². The molecule has 0 aliphatic carbocycles. The number of ether oxygens (including phenoxy) is 1. The van der Waals surface area contributed by atoms with E-state index < -0.39 is 5.97 Å². The SMILES string of the molecule is O=C(O)c1occc1COc1c(Cl)cccc1Cl. The van der Waals surface area contributed by atoms with Crippen LogP contribution in [0.1, 0.15) is 16.1 Å². The van der Waals surface area contributed by atoms with Gasteiger partial charge in [-0.1, -0.05) is 29.3 Å². The molecular formula is C12H8Cl2O4. The highest BCUT2D eigenvalue weighted by Gasteiger charge is 2.15. The van der Waals surface area contributed by atoms with Crippen LogP contribution in [-0.4, -0.2) is 11.1 Å². The molecule has 0 saturated carbocycles. The third-order valence-corrected chi connectivity index (χ3v) is 2.83. The number of carboxylic acid groups (broad SMARTS) is 1. The second kappa shape index (κ2) is 5.33. The van der Waals surface area contributed by atoms with Gasteiger partial charge in [-0.15, -0.1) is 0 Å². The summed E-state index contributed by atoms with van der Waals surface area (Å²) in [7, 11) is 0. The smallest absolute Gasteiger partial charge is 0.372 e. The van der Waals surface area contributed by atoms with E-state index in [1.54, 1.807) is 18.2 Å². The highest BCUT2D eigenvalue weighted by Crippen LogP contribution is 2.33. The molecular weight excluding hydrogens is 279 g/mol. The van der Waals surface area contributed by atoms with Crippen LogP contribution in [0.3, 0.4) is 0 Å². The van der Waals surface area contributed by atoms with Crippen molar-refractivity contribution in [3.8, 4) is 5.75 Å². The van der Waals surface area contributed by atoms with Crippen LogP contribution in [0.4, 0.5) is 0 Å². The van der Waals surface area contributed by atoms with Crippen LogP contribution in [0, 0.1) is 0 Å². The Hall–Kier alpha value is -1.65. The summed E-state index contributed by atoms with van der Waals surface area (Å²) in [6.45, 7) is 0.0155. The normalized spacial score (nSPS) is 10.3. The van der Waals surface area contributed by atoms with Crippen molar-refractivity contribution < 1.29 is 19.1 Å². The van der Waals surface area contributed by atoms with Crippen LogP contribution < -0.4 is 4.74 Å². The third kappa shape index (κ3) is 2.60. The van der Waals surface area contributed by atoms with E-state index in [0.717, 1.165) is 0 Å². The van der Waals surface area contributed by atoms with Crippen molar-refractivity contribution in [2.24, 2.45) is 0 Å². The molecule has 1 aromatic heterocycles. The molecule has 6 heteroatoms. The first kappa shape index (κ1) is 12.8. The van der Waals surface area contributed by atoms with Gasteiger partial charge in [-0.3, -0.25) is 0 Å². The topological polar surface area (TPSA) is 59.7 Å². The van der Waals surface area contributed by atoms with E-state index in [1.807, 2.05) is 0 Å². The quantitative estimate of drug-likeness (QED) is 0.927. The maximum absolute atomic E-state index is 10.8. The molecule has 4 nitrogen and oxygen atoms in total. The minimum Gasteiger partial charge on any atom is -0.486 e. The third-order valence-electron chi connectivity index (χ3n) is 2.23. The highest BCUT2D eigenvalue weighted by molar-refractivity contribution is 6.37. The molecule has 2 rings (SSSR count). The van der Waals surface area contributed by atoms with Gasteiger partial charge in [-0.2, -0.15) is 0 Å². The number of carboxylic acids is 1. The first-order chi connectivity index (χ1) is 8.59. The van der Waals surface area contributed by atoms with Crippen molar-refractivity contribution in [2.45, 2.75) is 6.61 Å². The van der Waals surface area contributed by atoms with Crippen LogP contribution in [0.25, 0.3) is 0 Å². The lowest BCUT2D eigenvalue weighted by molar-refractivity contribution is 0.0658. The molecule has 0 aliphatic rings. The number of furan rings is 1. The fourth-order valence-corrected chi connectivity index (χ4v) is 1.91. The van der Waals surface area contributed by atoms with Gasteiger partial charge in [0.2, 0.25) is 5.76 Å². The maximum atomic E-state index is 10.8. The fraction of sp³-hybridized carbons (Fsp3) is 0.0833. The number of benzene rings is 1. The van der Waals surface area contributed by atoms with Crippen LogP contribution in [0.15, 0.2) is 34.9 Å². The van der Waals surface area contributed by atoms with Crippen molar-refractivity contribution in [1.29, 1.82) is 0 Å². The molecule has 0 amide bonds. The predicted molar refractivity (Wildman–Crippen MR) is 66.5 cm³/mol. The summed E-state index contributed by atoms with van der Waals surface area (Å²) in [6.07, 6.45) is 1.29. The minimum absolute atomic E-state index is 0.0155. The Balaban J connectivity index is 2.17. The Morgan fingerprint density at radius 1 is 1.28 bits per heavy atom. The van der Waals surface area contributed by atoms with Gasteiger partial charge < -0.3 is 14.3 Å². The fourth-order valence-electron chi connectivity index (χ4n) is 1.41. The number of hydrogen-bond donors (Lipinski definition) is 1. The molecule has 94 valence electrons. The van der Waals surface area contributed by atoms with Gasteiger partial charge in [0, 0.05) is 5.56 Å². The number of halogens is 2. The van der Waals surface area contributed by atoms with Gasteiger partial charge in [0.1, 0.15) is 6.61 Å². The Morgan fingerprint density at radius 3 is 2.56 bits per heavy atom. The van der Waals surface area contributed by atoms with Gasteiger partial charge in [0.15, 0.2) is 5.75 Å². The molecule has 18 heavy (non-hydrogen) atoms. The molecule has 1 heterocycles. The Kier molecular flexibility index (Phi) is 3.79. The van der Waals surface area contributed by atoms with Crippen molar-refractivity contribution in [3.63, 3.8) is 0 Å². The molecule has 0 aliphatic heterocycles. The number of para-hydroxylation sites is 1. The minimum atomic E-state index is -1.15. The summed E-state index contributed by atoms with van der Waals surface area (Å²) in [5.41, 5.74) is 0.415. The molecule has 0 unspecified atom stereocenters. The van der Waals surface area contributed by atoms with Gasteiger partial charge in [-0.05, 0) is 18.2 Å². The van der Waals surface area contributed by atoms with Crippen molar-refractivity contribution in [1.82, 2.24) is 0 Å². The number of hydrogen-bond acceptors (Lipinski definition) is 3. The average molecular weight is 287 g/mol. The van der Waals surface area contributed by atoms with E-state index in [9.17, 15) is 4.79 Å². The Morgan fingerprint density at radius 2 is 1.94 bits per heavy atom. The van der Waals surface area contributed by atoms with Gasteiger partial charge in [0.05, 0.1) is 16.3 Å². The first-order valence-electron chi connectivity index (χ1n) is 4.96. The van der Waals surface area contributed by atoms with E-state index in [1.165, 1.54) is 12.3 Å². The molecule has 2 aromatic rings. The van der Waals surface area contributed by atoms with Gasteiger partial charge >= 0.3 is 5.97 Å². The number of carbonyl (C=O) groups is 1. The summed E-state index contributed by atoms with van der Waals surface area (Å²) in [5, 5.41) is 9.59. The number of rotatable bonds is 4. The zero-order valence-electron chi connectivity index (χ0n) is 9.02. The largest absolute Gasteiger partial charge is 0.486 e. The molecule has 0 radical (unpaired) electrons. The average Bonchev–Trinajstić information content (AvgIpc) is 2.76.